The van der Waals surface area contributed by atoms with Crippen LogP contribution >= 0.6 is 0 Å². The normalized spacial score (nSPS) is 52.2. The molecule has 0 aliphatic carbocycles. The summed E-state index contributed by atoms with van der Waals surface area (Å²) in [6.45, 7) is 0.542. The van der Waals surface area contributed by atoms with Crippen molar-refractivity contribution in [3.63, 3.8) is 0 Å². The summed E-state index contributed by atoms with van der Waals surface area (Å²) in [5, 5.41) is 9.30. The van der Waals surface area contributed by atoms with Gasteiger partial charge in [0.05, 0.1) is 6.61 Å². The Kier molecular flexibility index (Phi) is 1.42. The minimum Gasteiger partial charge on any atom is -0.385 e. The van der Waals surface area contributed by atoms with E-state index in [2.05, 4.69) is 0 Å². The second kappa shape index (κ2) is 2.17. The van der Waals surface area contributed by atoms with Gasteiger partial charge in [-0.2, -0.15) is 0 Å². The SMILES string of the molecule is COC1OCC2OC2C1O. The fraction of sp³-hybridized carbons (Fsp3) is 1.00. The minimum atomic E-state index is -0.608. The number of hydrogen-bond acceptors (Lipinski definition) is 4. The molecule has 0 aromatic heterocycles. The molecule has 2 rings (SSSR count). The van der Waals surface area contributed by atoms with Crippen LogP contribution in [0, 0.1) is 0 Å². The van der Waals surface area contributed by atoms with Crippen LogP contribution in [0.15, 0.2) is 0 Å². The van der Waals surface area contributed by atoms with Crippen LogP contribution in [0.2, 0.25) is 0 Å². The lowest BCUT2D eigenvalue weighted by molar-refractivity contribution is -0.192. The van der Waals surface area contributed by atoms with Gasteiger partial charge in [0, 0.05) is 7.11 Å². The van der Waals surface area contributed by atoms with Gasteiger partial charge in [-0.15, -0.1) is 0 Å². The van der Waals surface area contributed by atoms with Crippen molar-refractivity contribution >= 4 is 0 Å². The molecule has 2 aliphatic rings. The van der Waals surface area contributed by atoms with Gasteiger partial charge in [-0.1, -0.05) is 0 Å². The second-order valence-electron chi connectivity index (χ2n) is 2.57. The fourth-order valence-electron chi connectivity index (χ4n) is 1.24. The van der Waals surface area contributed by atoms with E-state index in [-0.39, 0.29) is 12.2 Å². The molecule has 2 saturated heterocycles. The van der Waals surface area contributed by atoms with Crippen molar-refractivity contribution < 1.29 is 19.3 Å². The zero-order valence-corrected chi connectivity index (χ0v) is 5.69. The summed E-state index contributed by atoms with van der Waals surface area (Å²) in [6.07, 6.45) is -1.03. The highest BCUT2D eigenvalue weighted by Crippen LogP contribution is 2.32. The van der Waals surface area contributed by atoms with Crippen LogP contribution in [-0.2, 0) is 14.2 Å². The summed E-state index contributed by atoms with van der Waals surface area (Å²) in [6, 6.07) is 0. The van der Waals surface area contributed by atoms with Crippen molar-refractivity contribution in [2.24, 2.45) is 0 Å². The molecule has 2 fully saturated rings. The zero-order chi connectivity index (χ0) is 7.14. The maximum Gasteiger partial charge on any atom is 0.185 e. The lowest BCUT2D eigenvalue weighted by Crippen LogP contribution is -2.41. The zero-order valence-electron chi connectivity index (χ0n) is 5.69. The van der Waals surface area contributed by atoms with Gasteiger partial charge in [0.2, 0.25) is 0 Å². The first-order chi connectivity index (χ1) is 4.83. The first-order valence-electron chi connectivity index (χ1n) is 3.31. The maximum atomic E-state index is 9.30. The molecule has 0 radical (unpaired) electrons. The van der Waals surface area contributed by atoms with Crippen LogP contribution < -0.4 is 0 Å². The first kappa shape index (κ1) is 6.54. The van der Waals surface area contributed by atoms with Gasteiger partial charge in [0.1, 0.15) is 18.3 Å². The third kappa shape index (κ3) is 0.845. The number of aliphatic hydroxyl groups excluding tert-OH is 1. The molecule has 0 saturated carbocycles. The van der Waals surface area contributed by atoms with E-state index >= 15 is 0 Å². The number of fused-ring (bicyclic) bond motifs is 1. The third-order valence-electron chi connectivity index (χ3n) is 1.89. The van der Waals surface area contributed by atoms with Gasteiger partial charge in [-0.05, 0) is 0 Å². The molecule has 4 heteroatoms. The largest absolute Gasteiger partial charge is 0.385 e. The Bertz CT molecular complexity index is 138. The van der Waals surface area contributed by atoms with E-state index in [4.69, 9.17) is 14.2 Å². The summed E-state index contributed by atoms with van der Waals surface area (Å²) in [5.41, 5.74) is 0. The molecule has 4 unspecified atom stereocenters. The van der Waals surface area contributed by atoms with E-state index < -0.39 is 12.4 Å². The Balaban J connectivity index is 1.97. The number of aliphatic hydroxyl groups is 1. The Morgan fingerprint density at radius 2 is 2.40 bits per heavy atom. The van der Waals surface area contributed by atoms with Crippen molar-refractivity contribution in [1.82, 2.24) is 0 Å². The Morgan fingerprint density at radius 3 is 3.10 bits per heavy atom. The highest BCUT2D eigenvalue weighted by Gasteiger charge is 2.52. The predicted molar refractivity (Wildman–Crippen MR) is 31.4 cm³/mol. The van der Waals surface area contributed by atoms with Crippen LogP contribution in [0.4, 0.5) is 0 Å². The maximum absolute atomic E-state index is 9.30. The van der Waals surface area contributed by atoms with Crippen molar-refractivity contribution in [2.45, 2.75) is 24.6 Å². The van der Waals surface area contributed by atoms with E-state index in [1.165, 1.54) is 7.11 Å². The van der Waals surface area contributed by atoms with Gasteiger partial charge < -0.3 is 19.3 Å². The molecule has 10 heavy (non-hydrogen) atoms. The van der Waals surface area contributed by atoms with E-state index in [0.29, 0.717) is 6.61 Å². The molecular weight excluding hydrogens is 136 g/mol. The molecule has 1 N–H and O–H groups in total. The summed E-state index contributed by atoms with van der Waals surface area (Å²) in [7, 11) is 1.51. The number of methoxy groups -OCH3 is 1. The van der Waals surface area contributed by atoms with Crippen LogP contribution in [0.5, 0.6) is 0 Å². The molecule has 2 aliphatic heterocycles. The van der Waals surface area contributed by atoms with Crippen molar-refractivity contribution in [1.29, 1.82) is 0 Å². The molecule has 4 atom stereocenters. The topological polar surface area (TPSA) is 51.2 Å². The highest BCUT2D eigenvalue weighted by atomic mass is 16.7. The van der Waals surface area contributed by atoms with Gasteiger partial charge in [0.15, 0.2) is 6.29 Å². The fourth-order valence-corrected chi connectivity index (χ4v) is 1.24. The Labute approximate surface area is 58.7 Å². The monoisotopic (exact) mass is 146 g/mol. The Hall–Kier alpha value is -0.160. The standard InChI is InChI=1S/C6H10O4/c1-8-6-4(7)5-3(10-5)2-9-6/h3-7H,2H2,1H3. The molecule has 0 aromatic carbocycles. The number of rotatable bonds is 1. The molecule has 4 nitrogen and oxygen atoms in total. The minimum absolute atomic E-state index is 0.0429. The van der Waals surface area contributed by atoms with Crippen LogP contribution in [0.3, 0.4) is 0 Å². The summed E-state index contributed by atoms with van der Waals surface area (Å²) >= 11 is 0. The van der Waals surface area contributed by atoms with Crippen molar-refractivity contribution in [3.8, 4) is 0 Å². The number of hydrogen-bond donors (Lipinski definition) is 1. The molecule has 0 bridgehead atoms. The van der Waals surface area contributed by atoms with Crippen molar-refractivity contribution in [2.75, 3.05) is 13.7 Å². The summed E-state index contributed by atoms with van der Waals surface area (Å²) in [4.78, 5) is 0. The van der Waals surface area contributed by atoms with Gasteiger partial charge >= 0.3 is 0 Å². The van der Waals surface area contributed by atoms with Gasteiger partial charge in [-0.25, -0.2) is 0 Å². The third-order valence-corrected chi connectivity index (χ3v) is 1.89. The van der Waals surface area contributed by atoms with Crippen LogP contribution in [-0.4, -0.2) is 43.4 Å². The average molecular weight is 146 g/mol. The van der Waals surface area contributed by atoms with E-state index in [0.717, 1.165) is 0 Å². The molecule has 58 valence electrons. The first-order valence-corrected chi connectivity index (χ1v) is 3.31. The predicted octanol–water partition coefficient (Wildman–Crippen LogP) is -0.883. The molecule has 2 heterocycles. The average Bonchev–Trinajstić information content (AvgIpc) is 2.68. The van der Waals surface area contributed by atoms with E-state index in [1.54, 1.807) is 0 Å². The van der Waals surface area contributed by atoms with E-state index in [1.807, 2.05) is 0 Å². The van der Waals surface area contributed by atoms with Crippen LogP contribution in [0.1, 0.15) is 0 Å². The highest BCUT2D eigenvalue weighted by molar-refractivity contribution is 4.95. The summed E-state index contributed by atoms with van der Waals surface area (Å²) < 4.78 is 15.0. The second-order valence-corrected chi connectivity index (χ2v) is 2.57. The smallest absolute Gasteiger partial charge is 0.185 e. The van der Waals surface area contributed by atoms with Crippen LogP contribution in [0.25, 0.3) is 0 Å². The Morgan fingerprint density at radius 1 is 1.60 bits per heavy atom. The molecule has 0 aromatic rings. The van der Waals surface area contributed by atoms with Gasteiger partial charge in [-0.3, -0.25) is 0 Å². The van der Waals surface area contributed by atoms with E-state index in [9.17, 15) is 5.11 Å². The lowest BCUT2D eigenvalue weighted by Gasteiger charge is -2.23. The lowest BCUT2D eigenvalue weighted by atomic mass is 10.1. The number of ether oxygens (including phenoxy) is 3. The van der Waals surface area contributed by atoms with Crippen molar-refractivity contribution in [3.05, 3.63) is 0 Å². The number of epoxide rings is 1. The molecule has 0 amide bonds. The molecule has 0 spiro atoms. The van der Waals surface area contributed by atoms with Gasteiger partial charge in [0.25, 0.3) is 0 Å². The molecular formula is C6H10O4. The quantitative estimate of drug-likeness (QED) is 0.488. The summed E-state index contributed by atoms with van der Waals surface area (Å²) in [5.74, 6) is 0.